The third kappa shape index (κ3) is 4.27. The molecule has 0 saturated carbocycles. The second kappa shape index (κ2) is 8.44. The topological polar surface area (TPSA) is 102 Å². The summed E-state index contributed by atoms with van der Waals surface area (Å²) in [6, 6.07) is 22.4. The number of anilines is 1. The molecule has 0 aliphatic heterocycles. The fourth-order valence-electron chi connectivity index (χ4n) is 2.99. The number of aryl methyl sites for hydroxylation is 1. The number of nitrogens with one attached hydrogen (secondary N) is 1. The molecule has 1 heterocycles. The molecule has 1 aromatic heterocycles. The van der Waals surface area contributed by atoms with Crippen molar-refractivity contribution < 1.29 is 14.6 Å². The van der Waals surface area contributed by atoms with Crippen molar-refractivity contribution in [2.24, 2.45) is 0 Å². The van der Waals surface area contributed by atoms with Crippen molar-refractivity contribution in [3.8, 4) is 17.4 Å². The molecule has 150 valence electrons. The van der Waals surface area contributed by atoms with Crippen molar-refractivity contribution in [2.45, 2.75) is 13.5 Å². The van der Waals surface area contributed by atoms with Crippen molar-refractivity contribution in [1.29, 1.82) is 0 Å². The number of benzene rings is 3. The van der Waals surface area contributed by atoms with Gasteiger partial charge in [0.05, 0.1) is 11.3 Å². The van der Waals surface area contributed by atoms with Crippen molar-refractivity contribution in [2.75, 3.05) is 5.32 Å². The molecule has 30 heavy (non-hydrogen) atoms. The number of aromatic carboxylic acids is 1. The van der Waals surface area contributed by atoms with Gasteiger partial charge in [-0.1, -0.05) is 35.4 Å². The van der Waals surface area contributed by atoms with E-state index < -0.39 is 5.97 Å². The molecule has 0 aliphatic rings. The van der Waals surface area contributed by atoms with E-state index in [0.29, 0.717) is 12.3 Å². The molecule has 4 rings (SSSR count). The standard InChI is InChI=1S/C22H19N5O3/c1-15-12-17(21(28)29)10-11-20(15)23-14-16-6-5-9-19(13-16)30-22-24-25-26-27(22)18-7-3-2-4-8-18/h2-13,23H,14H2,1H3,(H,28,29). The van der Waals surface area contributed by atoms with Crippen LogP contribution >= 0.6 is 0 Å². The van der Waals surface area contributed by atoms with E-state index in [0.717, 1.165) is 22.5 Å². The van der Waals surface area contributed by atoms with Gasteiger partial charge in [-0.25, -0.2) is 4.79 Å². The highest BCUT2D eigenvalue weighted by molar-refractivity contribution is 5.88. The molecule has 0 fully saturated rings. The highest BCUT2D eigenvalue weighted by Crippen LogP contribution is 2.23. The number of carboxylic acids is 1. The number of rotatable bonds is 7. The first-order valence-electron chi connectivity index (χ1n) is 9.28. The average molecular weight is 401 g/mol. The first-order valence-corrected chi connectivity index (χ1v) is 9.28. The lowest BCUT2D eigenvalue weighted by atomic mass is 10.1. The predicted octanol–water partition coefficient (Wildman–Crippen LogP) is 4.07. The summed E-state index contributed by atoms with van der Waals surface area (Å²) in [4.78, 5) is 11.1. The molecule has 0 radical (unpaired) electrons. The van der Waals surface area contributed by atoms with Crippen LogP contribution in [0.3, 0.4) is 0 Å². The number of para-hydroxylation sites is 1. The van der Waals surface area contributed by atoms with Gasteiger partial charge in [-0.15, -0.1) is 0 Å². The molecular weight excluding hydrogens is 382 g/mol. The Hall–Kier alpha value is -4.20. The van der Waals surface area contributed by atoms with Crippen molar-refractivity contribution in [3.05, 3.63) is 89.5 Å². The average Bonchev–Trinajstić information content (AvgIpc) is 3.22. The molecule has 0 amide bonds. The van der Waals surface area contributed by atoms with E-state index in [9.17, 15) is 4.79 Å². The largest absolute Gasteiger partial charge is 0.478 e. The maximum atomic E-state index is 11.1. The smallest absolute Gasteiger partial charge is 0.345 e. The minimum absolute atomic E-state index is 0.268. The number of carbonyl (C=O) groups is 1. The monoisotopic (exact) mass is 401 g/mol. The lowest BCUT2D eigenvalue weighted by molar-refractivity contribution is 0.0697. The Morgan fingerprint density at radius 3 is 2.67 bits per heavy atom. The summed E-state index contributed by atoms with van der Waals surface area (Å²) in [5.41, 5.74) is 3.80. The molecule has 3 aromatic carbocycles. The van der Waals surface area contributed by atoms with Gasteiger partial charge >= 0.3 is 12.0 Å². The summed E-state index contributed by atoms with van der Waals surface area (Å²) in [7, 11) is 0. The summed E-state index contributed by atoms with van der Waals surface area (Å²) in [6.07, 6.45) is 0. The van der Waals surface area contributed by atoms with Crippen LogP contribution < -0.4 is 10.1 Å². The van der Waals surface area contributed by atoms with Crippen LogP contribution in [0.4, 0.5) is 5.69 Å². The van der Waals surface area contributed by atoms with E-state index >= 15 is 0 Å². The third-order valence-electron chi connectivity index (χ3n) is 4.51. The molecule has 0 saturated heterocycles. The van der Waals surface area contributed by atoms with Gasteiger partial charge in [0.25, 0.3) is 0 Å². The van der Waals surface area contributed by atoms with Gasteiger partial charge in [-0.2, -0.15) is 4.68 Å². The number of aromatic nitrogens is 4. The van der Waals surface area contributed by atoms with E-state index in [4.69, 9.17) is 9.84 Å². The van der Waals surface area contributed by atoms with E-state index in [-0.39, 0.29) is 11.6 Å². The minimum atomic E-state index is -0.938. The fraction of sp³-hybridized carbons (Fsp3) is 0.0909. The zero-order valence-electron chi connectivity index (χ0n) is 16.2. The third-order valence-corrected chi connectivity index (χ3v) is 4.51. The molecule has 0 atom stereocenters. The summed E-state index contributed by atoms with van der Waals surface area (Å²) < 4.78 is 7.42. The van der Waals surface area contributed by atoms with Crippen LogP contribution in [0, 0.1) is 6.92 Å². The van der Waals surface area contributed by atoms with Crippen LogP contribution in [-0.2, 0) is 6.54 Å². The Morgan fingerprint density at radius 2 is 1.90 bits per heavy atom. The Morgan fingerprint density at radius 1 is 1.07 bits per heavy atom. The van der Waals surface area contributed by atoms with Crippen LogP contribution in [0.25, 0.3) is 5.69 Å². The summed E-state index contributed by atoms with van der Waals surface area (Å²) in [5.74, 6) is -0.327. The summed E-state index contributed by atoms with van der Waals surface area (Å²) in [6.45, 7) is 2.42. The van der Waals surface area contributed by atoms with Gasteiger partial charge < -0.3 is 15.2 Å². The molecule has 8 heteroatoms. The van der Waals surface area contributed by atoms with Gasteiger partial charge in [-0.3, -0.25) is 0 Å². The van der Waals surface area contributed by atoms with E-state index in [1.54, 1.807) is 18.2 Å². The Kier molecular flexibility index (Phi) is 5.38. The van der Waals surface area contributed by atoms with E-state index in [2.05, 4.69) is 20.8 Å². The quantitative estimate of drug-likeness (QED) is 0.481. The van der Waals surface area contributed by atoms with Gasteiger partial charge in [0.15, 0.2) is 0 Å². The highest BCUT2D eigenvalue weighted by atomic mass is 16.5. The van der Waals surface area contributed by atoms with E-state index in [1.165, 1.54) is 4.68 Å². The Balaban J connectivity index is 1.47. The Bertz CT molecular complexity index is 1170. The lowest BCUT2D eigenvalue weighted by Crippen LogP contribution is -2.04. The second-order valence-electron chi connectivity index (χ2n) is 6.65. The van der Waals surface area contributed by atoms with Crippen LogP contribution in [0.1, 0.15) is 21.5 Å². The summed E-state index contributed by atoms with van der Waals surface area (Å²) >= 11 is 0. The maximum absolute atomic E-state index is 11.1. The SMILES string of the molecule is Cc1cc(C(=O)O)ccc1NCc1cccc(Oc2nnnn2-c2ccccc2)c1. The fourth-order valence-corrected chi connectivity index (χ4v) is 2.99. The van der Waals surface area contributed by atoms with Crippen molar-refractivity contribution in [3.63, 3.8) is 0 Å². The first-order chi connectivity index (χ1) is 14.6. The number of carboxylic acid groups (broad SMARTS) is 1. The van der Waals surface area contributed by atoms with Gasteiger partial charge in [0.1, 0.15) is 5.75 Å². The van der Waals surface area contributed by atoms with Gasteiger partial charge in [-0.05, 0) is 70.9 Å². The molecule has 0 unspecified atom stereocenters. The van der Waals surface area contributed by atoms with Crippen molar-refractivity contribution >= 4 is 11.7 Å². The van der Waals surface area contributed by atoms with E-state index in [1.807, 2.05) is 61.5 Å². The molecule has 2 N–H and O–H groups in total. The molecule has 4 aromatic rings. The highest BCUT2D eigenvalue weighted by Gasteiger charge is 2.11. The summed E-state index contributed by atoms with van der Waals surface area (Å²) in [5, 5.41) is 24.1. The zero-order chi connectivity index (χ0) is 20.9. The second-order valence-corrected chi connectivity index (χ2v) is 6.65. The van der Waals surface area contributed by atoms with Crippen LogP contribution in [0.2, 0.25) is 0 Å². The number of nitrogens with zero attached hydrogens (tertiary/aromatic N) is 4. The molecule has 0 spiro atoms. The minimum Gasteiger partial charge on any atom is -0.478 e. The molecular formula is C22H19N5O3. The number of ether oxygens (including phenoxy) is 1. The molecule has 0 aliphatic carbocycles. The number of hydrogen-bond donors (Lipinski definition) is 2. The first kappa shape index (κ1) is 19.1. The van der Waals surface area contributed by atoms with Crippen LogP contribution in [-0.4, -0.2) is 31.3 Å². The molecule has 0 bridgehead atoms. The number of tetrazole rings is 1. The van der Waals surface area contributed by atoms with Gasteiger partial charge in [0.2, 0.25) is 0 Å². The molecule has 8 nitrogen and oxygen atoms in total. The van der Waals surface area contributed by atoms with Crippen LogP contribution in [0.5, 0.6) is 11.8 Å². The zero-order valence-corrected chi connectivity index (χ0v) is 16.2. The predicted molar refractivity (Wildman–Crippen MR) is 111 cm³/mol. The Labute approximate surface area is 172 Å². The normalized spacial score (nSPS) is 10.6. The number of hydrogen-bond acceptors (Lipinski definition) is 6. The lowest BCUT2D eigenvalue weighted by Gasteiger charge is -2.11. The van der Waals surface area contributed by atoms with Crippen molar-refractivity contribution in [1.82, 2.24) is 20.2 Å². The van der Waals surface area contributed by atoms with Crippen LogP contribution in [0.15, 0.2) is 72.8 Å². The van der Waals surface area contributed by atoms with Gasteiger partial charge in [0, 0.05) is 12.2 Å². The maximum Gasteiger partial charge on any atom is 0.345 e.